The van der Waals surface area contributed by atoms with Crippen LogP contribution < -0.4 is 10.9 Å². The van der Waals surface area contributed by atoms with Gasteiger partial charge in [-0.3, -0.25) is 9.59 Å². The number of hydrogen-bond acceptors (Lipinski definition) is 3. The van der Waals surface area contributed by atoms with E-state index in [2.05, 4.69) is 10.3 Å². The van der Waals surface area contributed by atoms with Gasteiger partial charge in [-0.1, -0.05) is 6.07 Å². The van der Waals surface area contributed by atoms with E-state index in [1.54, 1.807) is 23.5 Å². The number of aryl methyl sites for hydroxylation is 1. The maximum atomic E-state index is 11.7. The molecule has 2 rings (SSSR count). The lowest BCUT2D eigenvalue weighted by Crippen LogP contribution is -2.25. The number of carbonyl (C=O) groups excluding carboxylic acids is 1. The summed E-state index contributed by atoms with van der Waals surface area (Å²) in [5.74, 6) is -0.270. The van der Waals surface area contributed by atoms with Gasteiger partial charge in [-0.15, -0.1) is 0 Å². The van der Waals surface area contributed by atoms with Crippen molar-refractivity contribution in [3.8, 4) is 0 Å². The van der Waals surface area contributed by atoms with Gasteiger partial charge in [0.05, 0.1) is 0 Å². The van der Waals surface area contributed by atoms with Crippen LogP contribution in [0.1, 0.15) is 21.6 Å². The number of aromatic amines is 1. The Kier molecular flexibility index (Phi) is 3.39. The number of pyridine rings is 1. The predicted molar refractivity (Wildman–Crippen MR) is 67.3 cm³/mol. The van der Waals surface area contributed by atoms with Gasteiger partial charge < -0.3 is 10.3 Å². The zero-order valence-corrected chi connectivity index (χ0v) is 10.1. The topological polar surface area (TPSA) is 62.0 Å². The maximum absolute atomic E-state index is 11.7. The second-order valence-electron chi connectivity index (χ2n) is 3.69. The molecule has 0 atom stereocenters. The van der Waals surface area contributed by atoms with Crippen molar-refractivity contribution in [2.24, 2.45) is 0 Å². The van der Waals surface area contributed by atoms with E-state index in [0.29, 0.717) is 6.54 Å². The fourth-order valence-corrected chi connectivity index (χ4v) is 2.28. The van der Waals surface area contributed by atoms with Crippen LogP contribution in [0.2, 0.25) is 0 Å². The molecular formula is C12H12N2O2S. The minimum absolute atomic E-state index is 0.270. The minimum atomic E-state index is -0.274. The highest BCUT2D eigenvalue weighted by atomic mass is 32.1. The quantitative estimate of drug-likeness (QED) is 0.868. The van der Waals surface area contributed by atoms with Crippen molar-refractivity contribution in [1.29, 1.82) is 0 Å². The van der Waals surface area contributed by atoms with Gasteiger partial charge in [0.25, 0.3) is 5.91 Å². The van der Waals surface area contributed by atoms with Gasteiger partial charge in [0.15, 0.2) is 0 Å². The molecule has 88 valence electrons. The summed E-state index contributed by atoms with van der Waals surface area (Å²) in [5, 5.41) is 6.80. The summed E-state index contributed by atoms with van der Waals surface area (Å²) in [4.78, 5) is 25.3. The number of rotatable bonds is 3. The standard InChI is InChI=1S/C12H12N2O2S/c1-8-6-17-7-9(8)5-13-12(16)10-3-2-4-11(15)14-10/h2-4,6-7H,5H2,1H3,(H,13,16)(H,14,15). The molecule has 2 N–H and O–H groups in total. The number of H-pyrrole nitrogens is 1. The van der Waals surface area contributed by atoms with Crippen LogP contribution in [0.25, 0.3) is 0 Å². The summed E-state index contributed by atoms with van der Waals surface area (Å²) in [6.07, 6.45) is 0. The Morgan fingerprint density at radius 1 is 1.41 bits per heavy atom. The third kappa shape index (κ3) is 2.82. The van der Waals surface area contributed by atoms with Crippen molar-refractivity contribution in [3.05, 3.63) is 56.1 Å². The Balaban J connectivity index is 2.03. The first-order valence-corrected chi connectivity index (χ1v) is 6.10. The zero-order valence-electron chi connectivity index (χ0n) is 9.32. The van der Waals surface area contributed by atoms with Crippen LogP contribution in [-0.4, -0.2) is 10.9 Å². The smallest absolute Gasteiger partial charge is 0.268 e. The highest BCUT2D eigenvalue weighted by Gasteiger charge is 2.06. The molecule has 0 saturated heterocycles. The molecule has 0 aliphatic heterocycles. The molecule has 2 heterocycles. The second kappa shape index (κ2) is 4.97. The minimum Gasteiger partial charge on any atom is -0.347 e. The number of nitrogens with one attached hydrogen (secondary N) is 2. The highest BCUT2D eigenvalue weighted by Crippen LogP contribution is 2.13. The lowest BCUT2D eigenvalue weighted by atomic mass is 10.2. The van der Waals surface area contributed by atoms with Gasteiger partial charge in [0, 0.05) is 12.6 Å². The maximum Gasteiger partial charge on any atom is 0.268 e. The number of aromatic nitrogens is 1. The van der Waals surface area contributed by atoms with Gasteiger partial charge in [-0.2, -0.15) is 11.3 Å². The van der Waals surface area contributed by atoms with Gasteiger partial charge in [0.2, 0.25) is 5.56 Å². The van der Waals surface area contributed by atoms with Crippen molar-refractivity contribution < 1.29 is 4.79 Å². The second-order valence-corrected chi connectivity index (χ2v) is 4.43. The summed E-state index contributed by atoms with van der Waals surface area (Å²) in [6, 6.07) is 4.51. The molecule has 2 aromatic rings. The number of amides is 1. The summed E-state index contributed by atoms with van der Waals surface area (Å²) < 4.78 is 0. The molecule has 0 saturated carbocycles. The van der Waals surface area contributed by atoms with Crippen molar-refractivity contribution >= 4 is 17.2 Å². The average Bonchev–Trinajstić information content (AvgIpc) is 2.72. The van der Waals surface area contributed by atoms with Crippen molar-refractivity contribution in [1.82, 2.24) is 10.3 Å². The van der Waals surface area contributed by atoms with Crippen LogP contribution in [0.15, 0.2) is 33.8 Å². The molecule has 1 amide bonds. The molecule has 0 bridgehead atoms. The zero-order chi connectivity index (χ0) is 12.3. The van der Waals surface area contributed by atoms with Crippen LogP contribution in [0.3, 0.4) is 0 Å². The molecule has 2 aromatic heterocycles. The van der Waals surface area contributed by atoms with E-state index in [4.69, 9.17) is 0 Å². The number of hydrogen-bond donors (Lipinski definition) is 2. The Morgan fingerprint density at radius 2 is 2.24 bits per heavy atom. The molecule has 0 aliphatic rings. The molecule has 0 unspecified atom stereocenters. The molecule has 0 aromatic carbocycles. The summed E-state index contributed by atoms with van der Waals surface area (Å²) in [5.41, 5.74) is 2.27. The molecule has 0 radical (unpaired) electrons. The molecule has 5 heteroatoms. The summed E-state index contributed by atoms with van der Waals surface area (Å²) in [7, 11) is 0. The third-order valence-electron chi connectivity index (χ3n) is 2.41. The molecule has 0 spiro atoms. The lowest BCUT2D eigenvalue weighted by molar-refractivity contribution is 0.0945. The Bertz CT molecular complexity index is 586. The summed E-state index contributed by atoms with van der Waals surface area (Å²) in [6.45, 7) is 2.48. The lowest BCUT2D eigenvalue weighted by Gasteiger charge is -2.04. The van der Waals surface area contributed by atoms with E-state index in [1.807, 2.05) is 17.7 Å². The Hall–Kier alpha value is -1.88. The van der Waals surface area contributed by atoms with Crippen LogP contribution in [0, 0.1) is 6.92 Å². The van der Waals surface area contributed by atoms with Gasteiger partial charge in [0.1, 0.15) is 5.69 Å². The van der Waals surface area contributed by atoms with E-state index in [9.17, 15) is 9.59 Å². The van der Waals surface area contributed by atoms with Crippen molar-refractivity contribution in [2.45, 2.75) is 13.5 Å². The molecule has 0 aliphatic carbocycles. The van der Waals surface area contributed by atoms with Crippen LogP contribution >= 0.6 is 11.3 Å². The van der Waals surface area contributed by atoms with E-state index < -0.39 is 0 Å². The van der Waals surface area contributed by atoms with Crippen LogP contribution in [0.5, 0.6) is 0 Å². The summed E-state index contributed by atoms with van der Waals surface area (Å²) >= 11 is 1.61. The first-order valence-electron chi connectivity index (χ1n) is 5.16. The largest absolute Gasteiger partial charge is 0.347 e. The molecular weight excluding hydrogens is 236 g/mol. The van der Waals surface area contributed by atoms with E-state index in [1.165, 1.54) is 6.07 Å². The Labute approximate surface area is 102 Å². The predicted octanol–water partition coefficient (Wildman–Crippen LogP) is 1.67. The fourth-order valence-electron chi connectivity index (χ4n) is 1.42. The third-order valence-corrected chi connectivity index (χ3v) is 3.32. The fraction of sp³-hybridized carbons (Fsp3) is 0.167. The SMILES string of the molecule is Cc1cscc1CNC(=O)c1cccc(=O)[nH]1. The number of thiophene rings is 1. The monoisotopic (exact) mass is 248 g/mol. The molecule has 17 heavy (non-hydrogen) atoms. The van der Waals surface area contributed by atoms with E-state index in [-0.39, 0.29) is 17.2 Å². The van der Waals surface area contributed by atoms with Gasteiger partial charge in [-0.25, -0.2) is 0 Å². The highest BCUT2D eigenvalue weighted by molar-refractivity contribution is 7.08. The first kappa shape index (κ1) is 11.6. The molecule has 4 nitrogen and oxygen atoms in total. The molecule has 0 fully saturated rings. The van der Waals surface area contributed by atoms with Gasteiger partial charge >= 0.3 is 0 Å². The normalized spacial score (nSPS) is 10.2. The van der Waals surface area contributed by atoms with E-state index >= 15 is 0 Å². The van der Waals surface area contributed by atoms with Crippen molar-refractivity contribution in [2.75, 3.05) is 0 Å². The Morgan fingerprint density at radius 3 is 2.88 bits per heavy atom. The average molecular weight is 248 g/mol. The van der Waals surface area contributed by atoms with Crippen molar-refractivity contribution in [3.63, 3.8) is 0 Å². The van der Waals surface area contributed by atoms with Crippen LogP contribution in [-0.2, 0) is 6.54 Å². The van der Waals surface area contributed by atoms with E-state index in [0.717, 1.165) is 11.1 Å². The first-order chi connectivity index (χ1) is 8.16. The van der Waals surface area contributed by atoms with Crippen LogP contribution in [0.4, 0.5) is 0 Å². The number of carbonyl (C=O) groups is 1. The van der Waals surface area contributed by atoms with Gasteiger partial charge in [-0.05, 0) is 34.9 Å².